The Morgan fingerprint density at radius 1 is 1.14 bits per heavy atom. The Morgan fingerprint density at radius 2 is 1.90 bits per heavy atom. The Kier molecular flexibility index (Phi) is 4.61. The maximum atomic E-state index is 6.43. The van der Waals surface area contributed by atoms with E-state index in [1.165, 1.54) is 42.5 Å². The fourth-order valence-corrected chi connectivity index (χ4v) is 4.25. The second-order valence-corrected chi connectivity index (χ2v) is 6.98. The molecule has 1 aromatic carbocycles. The molecule has 0 amide bonds. The quantitative estimate of drug-likeness (QED) is 0.856. The monoisotopic (exact) mass is 301 g/mol. The number of thiophene rings is 1. The first kappa shape index (κ1) is 14.6. The minimum absolute atomic E-state index is 0.107. The number of hydrogen-bond donors (Lipinski definition) is 1. The van der Waals surface area contributed by atoms with Crippen molar-refractivity contribution in [1.29, 1.82) is 0 Å². The summed E-state index contributed by atoms with van der Waals surface area (Å²) in [6.07, 6.45) is 7.41. The molecule has 0 radical (unpaired) electrons. The van der Waals surface area contributed by atoms with Crippen molar-refractivity contribution in [3.63, 3.8) is 0 Å². The summed E-state index contributed by atoms with van der Waals surface area (Å²) in [5.74, 6) is 0.898. The van der Waals surface area contributed by atoms with Gasteiger partial charge in [0.1, 0.15) is 5.75 Å². The Labute approximate surface area is 130 Å². The van der Waals surface area contributed by atoms with E-state index in [9.17, 15) is 0 Å². The van der Waals surface area contributed by atoms with Gasteiger partial charge in [-0.25, -0.2) is 0 Å². The van der Waals surface area contributed by atoms with Crippen LogP contribution in [0.1, 0.15) is 46.2 Å². The first-order valence-electron chi connectivity index (χ1n) is 7.76. The zero-order valence-electron chi connectivity index (χ0n) is 12.6. The summed E-state index contributed by atoms with van der Waals surface area (Å²) in [5.41, 5.74) is 9.25. The van der Waals surface area contributed by atoms with Crippen molar-refractivity contribution >= 4 is 11.3 Å². The normalized spacial score (nSPS) is 16.1. The summed E-state index contributed by atoms with van der Waals surface area (Å²) in [6.45, 7) is 0. The van der Waals surface area contributed by atoms with Crippen LogP contribution in [0, 0.1) is 0 Å². The van der Waals surface area contributed by atoms with Crippen LogP contribution in [-0.2, 0) is 19.3 Å². The lowest BCUT2D eigenvalue weighted by Crippen LogP contribution is -2.11. The molecular formula is C18H23NOS. The molecular weight excluding hydrogens is 278 g/mol. The Balaban J connectivity index is 1.71. The predicted octanol–water partition coefficient (Wildman–Crippen LogP) is 4.27. The first-order chi connectivity index (χ1) is 10.3. The van der Waals surface area contributed by atoms with Crippen LogP contribution in [0.2, 0.25) is 0 Å². The van der Waals surface area contributed by atoms with Crippen LogP contribution in [0.4, 0.5) is 0 Å². The highest BCUT2D eigenvalue weighted by Crippen LogP contribution is 2.32. The molecule has 3 rings (SSSR count). The highest BCUT2D eigenvalue weighted by Gasteiger charge is 2.16. The molecule has 0 fully saturated rings. The van der Waals surface area contributed by atoms with Crippen molar-refractivity contribution in [2.45, 2.75) is 44.6 Å². The molecule has 3 heteroatoms. The topological polar surface area (TPSA) is 35.2 Å². The second kappa shape index (κ2) is 6.63. The van der Waals surface area contributed by atoms with Gasteiger partial charge in [0.05, 0.1) is 7.11 Å². The van der Waals surface area contributed by atoms with Gasteiger partial charge in [0.15, 0.2) is 0 Å². The summed E-state index contributed by atoms with van der Waals surface area (Å²) in [4.78, 5) is 2.92. The summed E-state index contributed by atoms with van der Waals surface area (Å²) in [5, 5.41) is 0. The molecule has 1 heterocycles. The van der Waals surface area contributed by atoms with Gasteiger partial charge in [0.25, 0.3) is 0 Å². The summed E-state index contributed by atoms with van der Waals surface area (Å²) < 4.78 is 5.20. The van der Waals surface area contributed by atoms with Gasteiger partial charge < -0.3 is 10.5 Å². The van der Waals surface area contributed by atoms with Gasteiger partial charge in [-0.2, -0.15) is 0 Å². The van der Waals surface area contributed by atoms with Crippen molar-refractivity contribution in [2.75, 3.05) is 7.11 Å². The summed E-state index contributed by atoms with van der Waals surface area (Å²) in [6, 6.07) is 10.7. The average Bonchev–Trinajstić information content (AvgIpc) is 2.79. The highest BCUT2D eigenvalue weighted by molar-refractivity contribution is 7.12. The number of aryl methyl sites for hydroxylation is 2. The Bertz CT molecular complexity index is 564. The van der Waals surface area contributed by atoms with Gasteiger partial charge in [0, 0.05) is 15.8 Å². The van der Waals surface area contributed by atoms with Crippen LogP contribution >= 0.6 is 11.3 Å². The predicted molar refractivity (Wildman–Crippen MR) is 89.2 cm³/mol. The van der Waals surface area contributed by atoms with Crippen molar-refractivity contribution in [3.8, 4) is 5.75 Å². The zero-order chi connectivity index (χ0) is 14.7. The molecule has 0 saturated carbocycles. The SMILES string of the molecule is COc1ccc(CC(N)c2cc3c(s2)CCCCC3)cc1. The van der Waals surface area contributed by atoms with Crippen LogP contribution in [0.15, 0.2) is 30.3 Å². The molecule has 1 aliphatic rings. The van der Waals surface area contributed by atoms with Gasteiger partial charge in [-0.05, 0) is 61.4 Å². The largest absolute Gasteiger partial charge is 0.497 e. The highest BCUT2D eigenvalue weighted by atomic mass is 32.1. The van der Waals surface area contributed by atoms with E-state index in [2.05, 4.69) is 18.2 Å². The van der Waals surface area contributed by atoms with Crippen LogP contribution in [0.5, 0.6) is 5.75 Å². The Morgan fingerprint density at radius 3 is 2.67 bits per heavy atom. The van der Waals surface area contributed by atoms with E-state index in [-0.39, 0.29) is 6.04 Å². The van der Waals surface area contributed by atoms with Crippen molar-refractivity contribution in [1.82, 2.24) is 0 Å². The number of fused-ring (bicyclic) bond motifs is 1. The van der Waals surface area contributed by atoms with Crippen molar-refractivity contribution in [3.05, 3.63) is 51.2 Å². The maximum absolute atomic E-state index is 6.43. The van der Waals surface area contributed by atoms with Gasteiger partial charge in [-0.1, -0.05) is 18.6 Å². The van der Waals surface area contributed by atoms with Crippen LogP contribution in [-0.4, -0.2) is 7.11 Å². The van der Waals surface area contributed by atoms with Gasteiger partial charge in [-0.3, -0.25) is 0 Å². The molecule has 1 unspecified atom stereocenters. The second-order valence-electron chi connectivity index (χ2n) is 5.82. The molecule has 2 aromatic rings. The standard InChI is InChI=1S/C18H23NOS/c1-20-15-9-7-13(8-10-15)11-16(19)18-12-14-5-3-2-4-6-17(14)21-18/h7-10,12,16H,2-6,11,19H2,1H3. The van der Waals surface area contributed by atoms with E-state index in [1.807, 2.05) is 23.5 Å². The van der Waals surface area contributed by atoms with Crippen LogP contribution in [0.25, 0.3) is 0 Å². The number of hydrogen-bond acceptors (Lipinski definition) is 3. The third-order valence-corrected chi connectivity index (χ3v) is 5.61. The van der Waals surface area contributed by atoms with Gasteiger partial charge in [-0.15, -0.1) is 11.3 Å². The molecule has 0 spiro atoms. The lowest BCUT2D eigenvalue weighted by atomic mass is 10.0. The van der Waals surface area contributed by atoms with E-state index < -0.39 is 0 Å². The van der Waals surface area contributed by atoms with Crippen LogP contribution < -0.4 is 10.5 Å². The fraction of sp³-hybridized carbons (Fsp3) is 0.444. The fourth-order valence-electron chi connectivity index (χ4n) is 2.99. The van der Waals surface area contributed by atoms with Crippen molar-refractivity contribution < 1.29 is 4.74 Å². The number of ether oxygens (including phenoxy) is 1. The number of rotatable bonds is 4. The summed E-state index contributed by atoms with van der Waals surface area (Å²) >= 11 is 1.93. The molecule has 0 bridgehead atoms. The van der Waals surface area contributed by atoms with Crippen molar-refractivity contribution in [2.24, 2.45) is 5.73 Å². The van der Waals surface area contributed by atoms with E-state index in [1.54, 1.807) is 17.6 Å². The third kappa shape index (κ3) is 3.47. The molecule has 1 aromatic heterocycles. The van der Waals surface area contributed by atoms with E-state index in [0.717, 1.165) is 12.2 Å². The minimum Gasteiger partial charge on any atom is -0.497 e. The number of benzene rings is 1. The molecule has 2 nitrogen and oxygen atoms in total. The average molecular weight is 301 g/mol. The molecule has 1 atom stereocenters. The Hall–Kier alpha value is -1.32. The first-order valence-corrected chi connectivity index (χ1v) is 8.58. The van der Waals surface area contributed by atoms with Crippen LogP contribution in [0.3, 0.4) is 0 Å². The molecule has 0 saturated heterocycles. The lowest BCUT2D eigenvalue weighted by molar-refractivity contribution is 0.414. The maximum Gasteiger partial charge on any atom is 0.118 e. The smallest absolute Gasteiger partial charge is 0.118 e. The number of nitrogens with two attached hydrogens (primary N) is 1. The van der Waals surface area contributed by atoms with Gasteiger partial charge in [0.2, 0.25) is 0 Å². The third-order valence-electron chi connectivity index (χ3n) is 4.25. The van der Waals surface area contributed by atoms with E-state index in [4.69, 9.17) is 10.5 Å². The summed E-state index contributed by atoms with van der Waals surface area (Å²) in [7, 11) is 1.69. The van der Waals surface area contributed by atoms with Gasteiger partial charge >= 0.3 is 0 Å². The zero-order valence-corrected chi connectivity index (χ0v) is 13.4. The number of methoxy groups -OCH3 is 1. The van der Waals surface area contributed by atoms with E-state index in [0.29, 0.717) is 0 Å². The lowest BCUT2D eigenvalue weighted by Gasteiger charge is -2.10. The van der Waals surface area contributed by atoms with E-state index >= 15 is 0 Å². The molecule has 21 heavy (non-hydrogen) atoms. The molecule has 112 valence electrons. The minimum atomic E-state index is 0.107. The molecule has 0 aliphatic heterocycles. The molecule has 2 N–H and O–H groups in total. The molecule has 1 aliphatic carbocycles.